The Morgan fingerprint density at radius 2 is 2.15 bits per heavy atom. The standard InChI is InChI=1S/C13H11N3O4/c17-11-7-3-5-9(11)13-14-12(15-20-13)8-4-1-2-6-10(8)16(18)19/h1-2,4,6,9H,3,5,7H2. The Labute approximate surface area is 113 Å². The first kappa shape index (κ1) is 12.5. The minimum absolute atomic E-state index is 0.0856. The van der Waals surface area contributed by atoms with Crippen molar-refractivity contribution in [1.82, 2.24) is 10.1 Å². The van der Waals surface area contributed by atoms with E-state index in [1.807, 2.05) is 0 Å². The van der Waals surface area contributed by atoms with Crippen LogP contribution in [-0.2, 0) is 4.79 Å². The van der Waals surface area contributed by atoms with E-state index in [1.165, 1.54) is 6.07 Å². The van der Waals surface area contributed by atoms with E-state index in [0.717, 1.165) is 6.42 Å². The Morgan fingerprint density at radius 3 is 2.85 bits per heavy atom. The maximum atomic E-state index is 11.7. The van der Waals surface area contributed by atoms with Crippen LogP contribution in [0.4, 0.5) is 5.69 Å². The molecule has 0 aliphatic heterocycles. The molecule has 1 fully saturated rings. The van der Waals surface area contributed by atoms with Crippen molar-refractivity contribution in [1.29, 1.82) is 0 Å². The lowest BCUT2D eigenvalue weighted by atomic mass is 10.1. The highest BCUT2D eigenvalue weighted by atomic mass is 16.6. The van der Waals surface area contributed by atoms with Crippen molar-refractivity contribution in [2.45, 2.75) is 25.2 Å². The summed E-state index contributed by atoms with van der Waals surface area (Å²) >= 11 is 0. The predicted molar refractivity (Wildman–Crippen MR) is 68.0 cm³/mol. The molecule has 20 heavy (non-hydrogen) atoms. The zero-order chi connectivity index (χ0) is 14.1. The topological polar surface area (TPSA) is 99.1 Å². The summed E-state index contributed by atoms with van der Waals surface area (Å²) in [7, 11) is 0. The van der Waals surface area contributed by atoms with E-state index in [4.69, 9.17) is 4.52 Å². The summed E-state index contributed by atoms with van der Waals surface area (Å²) in [5.41, 5.74) is 0.204. The van der Waals surface area contributed by atoms with Crippen LogP contribution < -0.4 is 0 Å². The van der Waals surface area contributed by atoms with Gasteiger partial charge in [-0.1, -0.05) is 17.3 Å². The van der Waals surface area contributed by atoms with Gasteiger partial charge in [0.15, 0.2) is 0 Å². The van der Waals surface area contributed by atoms with E-state index in [-0.39, 0.29) is 34.7 Å². The number of ketones is 1. The normalized spacial score (nSPS) is 18.4. The van der Waals surface area contributed by atoms with Crippen LogP contribution in [0.1, 0.15) is 31.1 Å². The molecule has 2 aromatic rings. The third-order valence-electron chi connectivity index (χ3n) is 3.39. The average Bonchev–Trinajstić information content (AvgIpc) is 3.07. The summed E-state index contributed by atoms with van der Waals surface area (Å²) in [6, 6.07) is 6.18. The number of benzene rings is 1. The summed E-state index contributed by atoms with van der Waals surface area (Å²) in [6.07, 6.45) is 2.03. The molecule has 102 valence electrons. The molecule has 7 heteroatoms. The van der Waals surface area contributed by atoms with Crippen LogP contribution in [0.25, 0.3) is 11.4 Å². The molecule has 0 N–H and O–H groups in total. The number of hydrogen-bond donors (Lipinski definition) is 0. The van der Waals surface area contributed by atoms with Gasteiger partial charge in [0.2, 0.25) is 11.7 Å². The summed E-state index contributed by atoms with van der Waals surface area (Å²) < 4.78 is 5.10. The number of aromatic nitrogens is 2. The quantitative estimate of drug-likeness (QED) is 0.629. The lowest BCUT2D eigenvalue weighted by Crippen LogP contribution is -2.04. The van der Waals surface area contributed by atoms with Crippen LogP contribution in [0.5, 0.6) is 0 Å². The molecule has 0 radical (unpaired) electrons. The number of nitrogens with zero attached hydrogens (tertiary/aromatic N) is 3. The number of rotatable bonds is 3. The Morgan fingerprint density at radius 1 is 1.35 bits per heavy atom. The first-order chi connectivity index (χ1) is 9.66. The molecule has 3 rings (SSSR count). The second-order valence-electron chi connectivity index (χ2n) is 4.64. The maximum Gasteiger partial charge on any atom is 0.280 e. The fourth-order valence-corrected chi connectivity index (χ4v) is 2.38. The van der Waals surface area contributed by atoms with E-state index in [9.17, 15) is 14.9 Å². The Balaban J connectivity index is 1.98. The highest BCUT2D eigenvalue weighted by Gasteiger charge is 2.31. The molecule has 1 atom stereocenters. The lowest BCUT2D eigenvalue weighted by molar-refractivity contribution is -0.384. The van der Waals surface area contributed by atoms with Gasteiger partial charge in [0, 0.05) is 12.5 Å². The van der Waals surface area contributed by atoms with Gasteiger partial charge in [-0.15, -0.1) is 0 Å². The van der Waals surface area contributed by atoms with Gasteiger partial charge < -0.3 is 4.52 Å². The zero-order valence-electron chi connectivity index (χ0n) is 10.5. The van der Waals surface area contributed by atoms with E-state index in [2.05, 4.69) is 10.1 Å². The van der Waals surface area contributed by atoms with Gasteiger partial charge in [-0.05, 0) is 18.9 Å². The molecule has 0 saturated heterocycles. The van der Waals surface area contributed by atoms with Gasteiger partial charge in [0.05, 0.1) is 10.8 Å². The molecule has 1 aliphatic rings. The SMILES string of the molecule is O=C1CCCC1c1nc(-c2ccccc2[N+](=O)[O-])no1. The number of nitro groups is 1. The number of para-hydroxylation sites is 1. The molecule has 1 unspecified atom stereocenters. The third-order valence-corrected chi connectivity index (χ3v) is 3.39. The number of Topliss-reactive ketones (excluding diaryl/α,β-unsaturated/α-hetero) is 1. The molecule has 0 bridgehead atoms. The van der Waals surface area contributed by atoms with Crippen LogP contribution in [0.3, 0.4) is 0 Å². The van der Waals surface area contributed by atoms with Crippen LogP contribution >= 0.6 is 0 Å². The van der Waals surface area contributed by atoms with Gasteiger partial charge in [-0.3, -0.25) is 14.9 Å². The molecule has 1 aliphatic carbocycles. The average molecular weight is 273 g/mol. The largest absolute Gasteiger partial charge is 0.338 e. The Hall–Kier alpha value is -2.57. The monoisotopic (exact) mass is 273 g/mol. The molecule has 0 amide bonds. The van der Waals surface area contributed by atoms with Gasteiger partial charge in [-0.2, -0.15) is 4.98 Å². The first-order valence-electron chi connectivity index (χ1n) is 6.27. The molecular weight excluding hydrogens is 262 g/mol. The number of carbonyl (C=O) groups excluding carboxylic acids is 1. The fourth-order valence-electron chi connectivity index (χ4n) is 2.38. The number of nitro benzene ring substituents is 1. The van der Waals surface area contributed by atoms with Crippen molar-refractivity contribution in [3.63, 3.8) is 0 Å². The van der Waals surface area contributed by atoms with Crippen LogP contribution in [0, 0.1) is 10.1 Å². The van der Waals surface area contributed by atoms with Crippen molar-refractivity contribution in [3.05, 3.63) is 40.3 Å². The van der Waals surface area contributed by atoms with Crippen molar-refractivity contribution < 1.29 is 14.2 Å². The highest BCUT2D eigenvalue weighted by Crippen LogP contribution is 2.33. The van der Waals surface area contributed by atoms with Gasteiger partial charge in [-0.25, -0.2) is 0 Å². The second kappa shape index (κ2) is 4.84. The third kappa shape index (κ3) is 2.07. The molecular formula is C13H11N3O4. The van der Waals surface area contributed by atoms with Crippen molar-refractivity contribution in [3.8, 4) is 11.4 Å². The Kier molecular flexibility index (Phi) is 3.02. The van der Waals surface area contributed by atoms with Crippen molar-refractivity contribution in [2.75, 3.05) is 0 Å². The van der Waals surface area contributed by atoms with Gasteiger partial charge in [0.25, 0.3) is 5.69 Å². The zero-order valence-corrected chi connectivity index (χ0v) is 10.5. The highest BCUT2D eigenvalue weighted by molar-refractivity contribution is 5.86. The van der Waals surface area contributed by atoms with Gasteiger partial charge >= 0.3 is 0 Å². The molecule has 1 heterocycles. The summed E-state index contributed by atoms with van der Waals surface area (Å²) in [5.74, 6) is 0.120. The van der Waals surface area contributed by atoms with Crippen LogP contribution in [0.2, 0.25) is 0 Å². The van der Waals surface area contributed by atoms with Gasteiger partial charge in [0.1, 0.15) is 11.3 Å². The molecule has 1 saturated carbocycles. The molecule has 0 spiro atoms. The van der Waals surface area contributed by atoms with Crippen LogP contribution in [0.15, 0.2) is 28.8 Å². The molecule has 1 aromatic carbocycles. The van der Waals surface area contributed by atoms with E-state index in [1.54, 1.807) is 18.2 Å². The minimum Gasteiger partial charge on any atom is -0.338 e. The smallest absolute Gasteiger partial charge is 0.280 e. The molecule has 1 aromatic heterocycles. The fraction of sp³-hybridized carbons (Fsp3) is 0.308. The van der Waals surface area contributed by atoms with Crippen molar-refractivity contribution >= 4 is 11.5 Å². The summed E-state index contributed by atoms with van der Waals surface area (Å²) in [5, 5.41) is 14.7. The molecule has 7 nitrogen and oxygen atoms in total. The Bertz CT molecular complexity index is 680. The van der Waals surface area contributed by atoms with Crippen molar-refractivity contribution in [2.24, 2.45) is 0 Å². The predicted octanol–water partition coefficient (Wildman–Crippen LogP) is 2.48. The lowest BCUT2D eigenvalue weighted by Gasteiger charge is -1.99. The van der Waals surface area contributed by atoms with E-state index >= 15 is 0 Å². The van der Waals surface area contributed by atoms with E-state index in [0.29, 0.717) is 12.8 Å². The van der Waals surface area contributed by atoms with E-state index < -0.39 is 4.92 Å². The maximum absolute atomic E-state index is 11.7. The minimum atomic E-state index is -0.494. The number of hydrogen-bond acceptors (Lipinski definition) is 6. The second-order valence-corrected chi connectivity index (χ2v) is 4.64. The summed E-state index contributed by atoms with van der Waals surface area (Å²) in [6.45, 7) is 0. The first-order valence-corrected chi connectivity index (χ1v) is 6.27. The number of carbonyl (C=O) groups is 1. The van der Waals surface area contributed by atoms with Crippen LogP contribution in [-0.4, -0.2) is 20.8 Å². The summed E-state index contributed by atoms with van der Waals surface area (Å²) in [4.78, 5) is 26.3.